The van der Waals surface area contributed by atoms with Gasteiger partial charge in [-0.3, -0.25) is 20.8 Å². The van der Waals surface area contributed by atoms with Crippen LogP contribution < -0.4 is 0 Å². The lowest BCUT2D eigenvalue weighted by Crippen LogP contribution is -2.48. The number of hydrogen-bond acceptors (Lipinski definition) is 6. The Morgan fingerprint density at radius 3 is 2.75 bits per heavy atom. The monoisotopic (exact) mass is 483 g/mol. The standard InChI is InChI=1S/C28H33N7O/c29-27(18-35-13-2-1-6-20(35)17-34-11-3-4-12-34)36-28(30)23-14-19(15-26-24(23)16-32-33-26)21-7-5-8-25-22(21)9-10-31-25/h5,7-10,14-16,20,29-31H,1-4,6,11-13,17-18H2,(H,32,33). The molecule has 0 radical (unpaired) electrons. The molecule has 36 heavy (non-hydrogen) atoms. The molecule has 2 saturated heterocycles. The van der Waals surface area contributed by atoms with E-state index in [0.29, 0.717) is 18.2 Å². The first-order valence-electron chi connectivity index (χ1n) is 13.0. The Morgan fingerprint density at radius 2 is 1.86 bits per heavy atom. The second-order valence-electron chi connectivity index (χ2n) is 10.1. The Balaban J connectivity index is 1.21. The minimum atomic E-state index is -0.0115. The van der Waals surface area contributed by atoms with Crippen LogP contribution in [0.1, 0.15) is 37.7 Å². The van der Waals surface area contributed by atoms with Gasteiger partial charge in [0.1, 0.15) is 0 Å². The molecule has 2 fully saturated rings. The average Bonchev–Trinajstić information content (AvgIpc) is 3.66. The molecule has 4 N–H and O–H groups in total. The lowest BCUT2D eigenvalue weighted by atomic mass is 9.97. The Bertz CT molecular complexity index is 1400. The van der Waals surface area contributed by atoms with Crippen LogP contribution in [0.4, 0.5) is 0 Å². The summed E-state index contributed by atoms with van der Waals surface area (Å²) in [7, 11) is 0. The van der Waals surface area contributed by atoms with Crippen molar-refractivity contribution in [2.24, 2.45) is 0 Å². The third kappa shape index (κ3) is 4.54. The molecule has 1 atom stereocenters. The van der Waals surface area contributed by atoms with Gasteiger partial charge in [0.25, 0.3) is 0 Å². The van der Waals surface area contributed by atoms with Gasteiger partial charge in [-0.05, 0) is 80.7 Å². The zero-order valence-electron chi connectivity index (χ0n) is 20.5. The first-order valence-corrected chi connectivity index (χ1v) is 13.0. The topological polar surface area (TPSA) is 108 Å². The number of fused-ring (bicyclic) bond motifs is 2. The number of likely N-dealkylation sites (tertiary alicyclic amines) is 2. The fourth-order valence-electron chi connectivity index (χ4n) is 5.86. The average molecular weight is 484 g/mol. The number of nitrogens with zero attached hydrogens (tertiary/aromatic N) is 3. The number of piperidine rings is 1. The first kappa shape index (κ1) is 22.9. The molecule has 0 bridgehead atoms. The zero-order valence-corrected chi connectivity index (χ0v) is 20.5. The molecule has 2 aliphatic heterocycles. The maximum atomic E-state index is 8.78. The molecule has 8 heteroatoms. The Hall–Kier alpha value is -3.49. The lowest BCUT2D eigenvalue weighted by Gasteiger charge is -2.37. The molecule has 0 spiro atoms. The predicted octanol–water partition coefficient (Wildman–Crippen LogP) is 4.98. The van der Waals surface area contributed by atoms with Crippen molar-refractivity contribution < 1.29 is 4.74 Å². The van der Waals surface area contributed by atoms with Crippen LogP contribution in [0, 0.1) is 10.8 Å². The molecular weight excluding hydrogens is 450 g/mol. The SMILES string of the molecule is N=C(CN1CCCCC1CN1CCCC1)OC(=N)c1cc(-c2cccc3[nH]ccc23)cc2[nH]ncc12. The highest BCUT2D eigenvalue weighted by Crippen LogP contribution is 2.32. The third-order valence-electron chi connectivity index (χ3n) is 7.70. The molecule has 0 saturated carbocycles. The maximum Gasteiger partial charge on any atom is 0.221 e. The minimum absolute atomic E-state index is 0.0115. The third-order valence-corrected chi connectivity index (χ3v) is 7.70. The summed E-state index contributed by atoms with van der Waals surface area (Å²) < 4.78 is 5.86. The number of aromatic nitrogens is 3. The Labute approximate surface area is 210 Å². The van der Waals surface area contributed by atoms with Crippen LogP contribution in [-0.2, 0) is 4.74 Å². The first-order chi connectivity index (χ1) is 17.7. The molecule has 4 aromatic rings. The van der Waals surface area contributed by atoms with Crippen LogP contribution in [0.3, 0.4) is 0 Å². The van der Waals surface area contributed by atoms with Crippen molar-refractivity contribution >= 4 is 33.6 Å². The number of ether oxygens (including phenoxy) is 1. The zero-order chi connectivity index (χ0) is 24.5. The van der Waals surface area contributed by atoms with Gasteiger partial charge in [-0.1, -0.05) is 18.6 Å². The molecule has 1 unspecified atom stereocenters. The largest absolute Gasteiger partial charge is 0.424 e. The molecule has 4 heterocycles. The molecule has 2 aliphatic rings. The number of aromatic amines is 2. The van der Waals surface area contributed by atoms with Crippen molar-refractivity contribution in [3.63, 3.8) is 0 Å². The van der Waals surface area contributed by atoms with Crippen LogP contribution in [0.2, 0.25) is 0 Å². The van der Waals surface area contributed by atoms with Gasteiger partial charge in [0.15, 0.2) is 0 Å². The molecule has 8 nitrogen and oxygen atoms in total. The number of benzene rings is 2. The van der Waals surface area contributed by atoms with Crippen molar-refractivity contribution in [2.75, 3.05) is 32.7 Å². The highest BCUT2D eigenvalue weighted by atomic mass is 16.5. The fourth-order valence-corrected chi connectivity index (χ4v) is 5.86. The van der Waals surface area contributed by atoms with E-state index in [0.717, 1.165) is 52.4 Å². The normalized spacial score (nSPS) is 19.3. The van der Waals surface area contributed by atoms with E-state index in [-0.39, 0.29) is 11.8 Å². The predicted molar refractivity (Wildman–Crippen MR) is 144 cm³/mol. The van der Waals surface area contributed by atoms with Crippen LogP contribution in [0.25, 0.3) is 32.9 Å². The van der Waals surface area contributed by atoms with Gasteiger partial charge in [-0.2, -0.15) is 5.10 Å². The maximum absolute atomic E-state index is 8.78. The Morgan fingerprint density at radius 1 is 1.00 bits per heavy atom. The minimum Gasteiger partial charge on any atom is -0.424 e. The summed E-state index contributed by atoms with van der Waals surface area (Å²) in [6.07, 6.45) is 9.83. The van der Waals surface area contributed by atoms with Gasteiger partial charge in [0.05, 0.1) is 18.3 Å². The smallest absolute Gasteiger partial charge is 0.221 e. The Kier molecular flexibility index (Phi) is 6.29. The van der Waals surface area contributed by atoms with E-state index in [1.54, 1.807) is 6.20 Å². The van der Waals surface area contributed by atoms with Crippen LogP contribution in [-0.4, -0.2) is 75.5 Å². The van der Waals surface area contributed by atoms with E-state index in [1.165, 1.54) is 38.8 Å². The molecule has 186 valence electrons. The molecular formula is C28H33N7O. The molecule has 6 rings (SSSR count). The van der Waals surface area contributed by atoms with Crippen LogP contribution in [0.15, 0.2) is 48.8 Å². The molecule has 0 amide bonds. The van der Waals surface area contributed by atoms with E-state index >= 15 is 0 Å². The van der Waals surface area contributed by atoms with E-state index in [2.05, 4.69) is 49.2 Å². The van der Waals surface area contributed by atoms with Crippen LogP contribution in [0.5, 0.6) is 0 Å². The van der Waals surface area contributed by atoms with Crippen LogP contribution >= 0.6 is 0 Å². The van der Waals surface area contributed by atoms with Crippen molar-refractivity contribution in [1.29, 1.82) is 10.8 Å². The summed E-state index contributed by atoms with van der Waals surface area (Å²) in [6.45, 7) is 4.89. The molecule has 2 aromatic heterocycles. The summed E-state index contributed by atoms with van der Waals surface area (Å²) in [5.41, 5.74) is 4.61. The molecule has 2 aromatic carbocycles. The summed E-state index contributed by atoms with van der Waals surface area (Å²) in [4.78, 5) is 8.21. The van der Waals surface area contributed by atoms with E-state index in [4.69, 9.17) is 15.6 Å². The lowest BCUT2D eigenvalue weighted by molar-refractivity contribution is 0.125. The second-order valence-corrected chi connectivity index (χ2v) is 10.1. The van der Waals surface area contributed by atoms with Gasteiger partial charge < -0.3 is 14.6 Å². The summed E-state index contributed by atoms with van der Waals surface area (Å²) in [6, 6.07) is 12.7. The summed E-state index contributed by atoms with van der Waals surface area (Å²) in [5.74, 6) is 0.116. The quantitative estimate of drug-likeness (QED) is 0.229. The number of rotatable bonds is 6. The van der Waals surface area contributed by atoms with Gasteiger partial charge in [-0.25, -0.2) is 0 Å². The highest BCUT2D eigenvalue weighted by molar-refractivity contribution is 6.10. The van der Waals surface area contributed by atoms with Gasteiger partial charge in [0.2, 0.25) is 11.8 Å². The second kappa shape index (κ2) is 9.87. The highest BCUT2D eigenvalue weighted by Gasteiger charge is 2.27. The number of H-pyrrole nitrogens is 2. The van der Waals surface area contributed by atoms with Gasteiger partial charge in [0, 0.05) is 40.6 Å². The van der Waals surface area contributed by atoms with Gasteiger partial charge >= 0.3 is 0 Å². The van der Waals surface area contributed by atoms with Crippen molar-refractivity contribution in [1.82, 2.24) is 25.0 Å². The van der Waals surface area contributed by atoms with Crippen molar-refractivity contribution in [3.05, 3.63) is 54.4 Å². The van der Waals surface area contributed by atoms with Gasteiger partial charge in [-0.15, -0.1) is 0 Å². The number of nitrogens with one attached hydrogen (secondary N) is 4. The van der Waals surface area contributed by atoms with E-state index in [9.17, 15) is 0 Å². The summed E-state index contributed by atoms with van der Waals surface area (Å²) in [5, 5.41) is 26.6. The van der Waals surface area contributed by atoms with Crippen molar-refractivity contribution in [2.45, 2.75) is 38.1 Å². The van der Waals surface area contributed by atoms with Crippen molar-refractivity contribution in [3.8, 4) is 11.1 Å². The summed E-state index contributed by atoms with van der Waals surface area (Å²) >= 11 is 0. The molecule has 0 aliphatic carbocycles. The van der Waals surface area contributed by atoms with E-state index in [1.807, 2.05) is 18.3 Å². The fraction of sp³-hybridized carbons (Fsp3) is 0.393. The number of hydrogen-bond donors (Lipinski definition) is 4. The van der Waals surface area contributed by atoms with E-state index < -0.39 is 0 Å².